The SMILES string of the molecule is C=CCN1C(=O)CO[C@@H]2CN(C(=O)c3ncn(C)n3)C[C@H]21. The maximum absolute atomic E-state index is 12.4. The van der Waals surface area contributed by atoms with Crippen molar-refractivity contribution in [3.8, 4) is 0 Å². The Kier molecular flexibility index (Phi) is 3.46. The third-order valence-electron chi connectivity index (χ3n) is 3.78. The van der Waals surface area contributed by atoms with Gasteiger partial charge in [-0.1, -0.05) is 6.08 Å². The van der Waals surface area contributed by atoms with Gasteiger partial charge >= 0.3 is 0 Å². The van der Waals surface area contributed by atoms with E-state index in [1.807, 2.05) is 0 Å². The molecule has 8 nitrogen and oxygen atoms in total. The Morgan fingerprint density at radius 1 is 1.57 bits per heavy atom. The molecule has 1 aromatic rings. The van der Waals surface area contributed by atoms with Crippen molar-refractivity contribution in [3.63, 3.8) is 0 Å². The molecule has 0 saturated carbocycles. The zero-order valence-electron chi connectivity index (χ0n) is 11.8. The molecule has 0 radical (unpaired) electrons. The standard InChI is InChI=1S/C13H17N5O3/c1-3-4-18-9-5-17(6-10(9)21-7-11(18)19)13(20)12-14-8-16(2)15-12/h3,8-10H,1,4-7H2,2H3/t9-,10-/m1/s1. The number of hydrogen-bond acceptors (Lipinski definition) is 5. The van der Waals surface area contributed by atoms with Crippen LogP contribution in [0.5, 0.6) is 0 Å². The molecule has 0 aromatic carbocycles. The summed E-state index contributed by atoms with van der Waals surface area (Å²) < 4.78 is 7.03. The van der Waals surface area contributed by atoms with Crippen LogP contribution >= 0.6 is 0 Å². The number of amides is 2. The fourth-order valence-electron chi connectivity index (χ4n) is 2.79. The Labute approximate surface area is 122 Å². The summed E-state index contributed by atoms with van der Waals surface area (Å²) in [5.41, 5.74) is 0. The number of nitrogens with zero attached hydrogens (tertiary/aromatic N) is 5. The minimum Gasteiger partial charge on any atom is -0.364 e. The first kappa shape index (κ1) is 13.7. The molecule has 2 fully saturated rings. The number of aromatic nitrogens is 3. The summed E-state index contributed by atoms with van der Waals surface area (Å²) in [6, 6.07) is -0.128. The number of ether oxygens (including phenoxy) is 1. The molecule has 3 rings (SSSR count). The molecule has 0 spiro atoms. The smallest absolute Gasteiger partial charge is 0.293 e. The molecule has 0 bridgehead atoms. The fraction of sp³-hybridized carbons (Fsp3) is 0.538. The van der Waals surface area contributed by atoms with Crippen molar-refractivity contribution in [1.82, 2.24) is 24.6 Å². The molecule has 0 unspecified atom stereocenters. The number of hydrogen-bond donors (Lipinski definition) is 0. The molecule has 0 aliphatic carbocycles. The molecule has 2 aliphatic rings. The highest BCUT2D eigenvalue weighted by atomic mass is 16.5. The molecule has 0 N–H and O–H groups in total. The predicted molar refractivity (Wildman–Crippen MR) is 72.3 cm³/mol. The quantitative estimate of drug-likeness (QED) is 0.671. The van der Waals surface area contributed by atoms with Crippen LogP contribution in [0.2, 0.25) is 0 Å². The Morgan fingerprint density at radius 3 is 3.05 bits per heavy atom. The fourth-order valence-corrected chi connectivity index (χ4v) is 2.79. The maximum Gasteiger partial charge on any atom is 0.293 e. The lowest BCUT2D eigenvalue weighted by atomic mass is 10.1. The van der Waals surface area contributed by atoms with Gasteiger partial charge in [-0.2, -0.15) is 0 Å². The second-order valence-corrected chi connectivity index (χ2v) is 5.20. The van der Waals surface area contributed by atoms with Crippen LogP contribution in [0, 0.1) is 0 Å². The second kappa shape index (κ2) is 5.28. The van der Waals surface area contributed by atoms with E-state index in [0.717, 1.165) is 0 Å². The highest BCUT2D eigenvalue weighted by molar-refractivity contribution is 5.90. The number of likely N-dealkylation sites (tertiary alicyclic amines) is 1. The van der Waals surface area contributed by atoms with Crippen molar-refractivity contribution in [2.24, 2.45) is 7.05 Å². The molecule has 3 heterocycles. The van der Waals surface area contributed by atoms with E-state index in [-0.39, 0.29) is 36.4 Å². The molecule has 2 atom stereocenters. The Morgan fingerprint density at radius 2 is 2.38 bits per heavy atom. The van der Waals surface area contributed by atoms with Crippen LogP contribution in [0.3, 0.4) is 0 Å². The van der Waals surface area contributed by atoms with Crippen LogP contribution in [-0.4, -0.2) is 74.8 Å². The second-order valence-electron chi connectivity index (χ2n) is 5.20. The molecule has 1 aromatic heterocycles. The number of fused-ring (bicyclic) bond motifs is 1. The minimum absolute atomic E-state index is 0.0544. The number of rotatable bonds is 3. The van der Waals surface area contributed by atoms with Crippen LogP contribution in [0.1, 0.15) is 10.6 Å². The van der Waals surface area contributed by atoms with E-state index in [1.54, 1.807) is 22.9 Å². The summed E-state index contributed by atoms with van der Waals surface area (Å²) in [5, 5.41) is 4.02. The molecule has 2 aliphatic heterocycles. The van der Waals surface area contributed by atoms with E-state index in [4.69, 9.17) is 4.74 Å². The van der Waals surface area contributed by atoms with Gasteiger partial charge in [0.05, 0.1) is 12.1 Å². The lowest BCUT2D eigenvalue weighted by Gasteiger charge is -2.35. The molecule has 112 valence electrons. The van der Waals surface area contributed by atoms with E-state index in [2.05, 4.69) is 16.7 Å². The Hall–Kier alpha value is -2.22. The van der Waals surface area contributed by atoms with Crippen LogP contribution in [0.25, 0.3) is 0 Å². The van der Waals surface area contributed by atoms with Crippen LogP contribution in [0.4, 0.5) is 0 Å². The average molecular weight is 291 g/mol. The zero-order chi connectivity index (χ0) is 15.0. The van der Waals surface area contributed by atoms with Crippen molar-refractivity contribution in [2.45, 2.75) is 12.1 Å². The summed E-state index contributed by atoms with van der Waals surface area (Å²) in [7, 11) is 1.71. The molecular weight excluding hydrogens is 274 g/mol. The summed E-state index contributed by atoms with van der Waals surface area (Å²) in [6.07, 6.45) is 3.01. The van der Waals surface area contributed by atoms with E-state index in [1.165, 1.54) is 11.0 Å². The predicted octanol–water partition coefficient (Wildman–Crippen LogP) is -0.947. The third kappa shape index (κ3) is 2.42. The first-order chi connectivity index (χ1) is 10.1. The lowest BCUT2D eigenvalue weighted by molar-refractivity contribution is -0.151. The summed E-state index contributed by atoms with van der Waals surface area (Å²) >= 11 is 0. The van der Waals surface area contributed by atoms with Gasteiger partial charge in [-0.25, -0.2) is 4.98 Å². The van der Waals surface area contributed by atoms with E-state index < -0.39 is 0 Å². The van der Waals surface area contributed by atoms with Crippen molar-refractivity contribution in [2.75, 3.05) is 26.2 Å². The monoisotopic (exact) mass is 291 g/mol. The largest absolute Gasteiger partial charge is 0.364 e. The third-order valence-corrected chi connectivity index (χ3v) is 3.78. The van der Waals surface area contributed by atoms with Gasteiger partial charge in [-0.05, 0) is 0 Å². The Bertz CT molecular complexity index is 584. The molecule has 21 heavy (non-hydrogen) atoms. The van der Waals surface area contributed by atoms with Crippen molar-refractivity contribution < 1.29 is 14.3 Å². The maximum atomic E-state index is 12.4. The van der Waals surface area contributed by atoms with Crippen molar-refractivity contribution in [3.05, 3.63) is 24.8 Å². The van der Waals surface area contributed by atoms with Gasteiger partial charge in [0.25, 0.3) is 5.91 Å². The topological polar surface area (TPSA) is 80.6 Å². The van der Waals surface area contributed by atoms with Gasteiger partial charge in [0.2, 0.25) is 11.7 Å². The van der Waals surface area contributed by atoms with Gasteiger partial charge in [0.1, 0.15) is 12.9 Å². The summed E-state index contributed by atoms with van der Waals surface area (Å²) in [5.74, 6) is -0.140. The number of aryl methyl sites for hydroxylation is 1. The van der Waals surface area contributed by atoms with Crippen LogP contribution in [0.15, 0.2) is 19.0 Å². The average Bonchev–Trinajstić information content (AvgIpc) is 3.07. The number of morpholine rings is 1. The van der Waals surface area contributed by atoms with Gasteiger partial charge < -0.3 is 14.5 Å². The van der Waals surface area contributed by atoms with E-state index in [0.29, 0.717) is 19.6 Å². The molecular formula is C13H17N5O3. The van der Waals surface area contributed by atoms with Gasteiger partial charge in [-0.15, -0.1) is 11.7 Å². The summed E-state index contributed by atoms with van der Waals surface area (Å²) in [4.78, 5) is 31.6. The first-order valence-electron chi connectivity index (χ1n) is 6.77. The normalized spacial score (nSPS) is 25.1. The Balaban J connectivity index is 1.75. The summed E-state index contributed by atoms with van der Waals surface area (Å²) in [6.45, 7) is 5.07. The van der Waals surface area contributed by atoms with Crippen LogP contribution in [-0.2, 0) is 16.6 Å². The number of carbonyl (C=O) groups excluding carboxylic acids is 2. The van der Waals surface area contributed by atoms with E-state index >= 15 is 0 Å². The van der Waals surface area contributed by atoms with Crippen molar-refractivity contribution in [1.29, 1.82) is 0 Å². The molecule has 2 amide bonds. The van der Waals surface area contributed by atoms with Gasteiger partial charge in [0.15, 0.2) is 0 Å². The highest BCUT2D eigenvalue weighted by Crippen LogP contribution is 2.24. The van der Waals surface area contributed by atoms with Crippen LogP contribution < -0.4 is 0 Å². The molecule has 2 saturated heterocycles. The van der Waals surface area contributed by atoms with Gasteiger partial charge in [0, 0.05) is 26.7 Å². The van der Waals surface area contributed by atoms with E-state index in [9.17, 15) is 9.59 Å². The first-order valence-corrected chi connectivity index (χ1v) is 6.77. The van der Waals surface area contributed by atoms with Gasteiger partial charge in [-0.3, -0.25) is 14.3 Å². The highest BCUT2D eigenvalue weighted by Gasteiger charge is 2.44. The minimum atomic E-state index is -0.236. The van der Waals surface area contributed by atoms with Crippen molar-refractivity contribution >= 4 is 11.8 Å². The number of carbonyl (C=O) groups is 2. The lowest BCUT2D eigenvalue weighted by Crippen LogP contribution is -2.53. The zero-order valence-corrected chi connectivity index (χ0v) is 11.8. The molecule has 8 heteroatoms.